The van der Waals surface area contributed by atoms with E-state index in [0.717, 1.165) is 0 Å². The highest BCUT2D eigenvalue weighted by molar-refractivity contribution is 5.53. The molecule has 6 heteroatoms. The van der Waals surface area contributed by atoms with Gasteiger partial charge >= 0.3 is 0 Å². The molecule has 0 aliphatic heterocycles. The van der Waals surface area contributed by atoms with Crippen molar-refractivity contribution in [3.05, 3.63) is 17.3 Å². The first kappa shape index (κ1) is 9.66. The summed E-state index contributed by atoms with van der Waals surface area (Å²) in [5.74, 6) is -0.119. The number of nitrogens with two attached hydrogens (primary N) is 2. The van der Waals surface area contributed by atoms with E-state index in [4.69, 9.17) is 16.6 Å². The van der Waals surface area contributed by atoms with Gasteiger partial charge in [0.25, 0.3) is 6.43 Å². The summed E-state index contributed by atoms with van der Waals surface area (Å²) >= 11 is 0. The van der Waals surface area contributed by atoms with E-state index in [-0.39, 0.29) is 23.7 Å². The molecule has 0 aliphatic carbocycles. The lowest BCUT2D eigenvalue weighted by molar-refractivity contribution is 0.147. The van der Waals surface area contributed by atoms with Crippen LogP contribution >= 0.6 is 0 Å². The normalized spacial score (nSPS) is 10.8. The van der Waals surface area contributed by atoms with E-state index in [0.29, 0.717) is 0 Å². The van der Waals surface area contributed by atoms with Crippen molar-refractivity contribution < 1.29 is 13.9 Å². The molecule has 0 spiro atoms. The van der Waals surface area contributed by atoms with E-state index < -0.39 is 12.1 Å². The van der Waals surface area contributed by atoms with Gasteiger partial charge < -0.3 is 16.6 Å². The third kappa shape index (κ3) is 1.83. The number of halogens is 2. The molecule has 0 fully saturated rings. The number of hydrogen-bond acceptors (Lipinski definition) is 4. The minimum absolute atomic E-state index is 0.119. The Balaban J connectivity index is 3.20. The van der Waals surface area contributed by atoms with Crippen molar-refractivity contribution in [2.45, 2.75) is 13.0 Å². The Morgan fingerprint density at radius 3 is 2.54 bits per heavy atom. The first-order chi connectivity index (χ1) is 6.06. The van der Waals surface area contributed by atoms with Crippen LogP contribution in [-0.4, -0.2) is 10.1 Å². The van der Waals surface area contributed by atoms with Crippen LogP contribution in [0, 0.1) is 0 Å². The van der Waals surface area contributed by atoms with Gasteiger partial charge in [0.2, 0.25) is 0 Å². The van der Waals surface area contributed by atoms with Crippen molar-refractivity contribution in [3.63, 3.8) is 0 Å². The monoisotopic (exact) mass is 189 g/mol. The predicted octanol–water partition coefficient (Wildman–Crippen LogP) is 0.676. The van der Waals surface area contributed by atoms with Gasteiger partial charge in [0.05, 0.1) is 12.3 Å². The zero-order chi connectivity index (χ0) is 10.0. The number of hydrogen-bond donors (Lipinski definition) is 3. The van der Waals surface area contributed by atoms with Gasteiger partial charge in [-0.25, -0.2) is 13.8 Å². The van der Waals surface area contributed by atoms with Crippen molar-refractivity contribution >= 4 is 11.5 Å². The molecule has 0 unspecified atom stereocenters. The van der Waals surface area contributed by atoms with E-state index in [1.54, 1.807) is 0 Å². The third-order valence-corrected chi connectivity index (χ3v) is 1.57. The first-order valence-electron chi connectivity index (χ1n) is 3.50. The molecule has 72 valence electrons. The molecule has 1 heterocycles. The summed E-state index contributed by atoms with van der Waals surface area (Å²) in [5, 5.41) is 8.71. The van der Waals surface area contributed by atoms with Crippen LogP contribution in [0.4, 0.5) is 20.3 Å². The lowest BCUT2D eigenvalue weighted by Gasteiger charge is -2.07. The Kier molecular flexibility index (Phi) is 2.62. The summed E-state index contributed by atoms with van der Waals surface area (Å²) in [4.78, 5) is 3.39. The van der Waals surface area contributed by atoms with Gasteiger partial charge in [-0.2, -0.15) is 0 Å². The molecule has 0 radical (unpaired) electrons. The average molecular weight is 189 g/mol. The van der Waals surface area contributed by atoms with E-state index in [9.17, 15) is 8.78 Å². The minimum Gasteiger partial charge on any atom is -0.397 e. The van der Waals surface area contributed by atoms with Crippen LogP contribution < -0.4 is 11.5 Å². The van der Waals surface area contributed by atoms with Crippen molar-refractivity contribution in [2.24, 2.45) is 0 Å². The molecule has 4 nitrogen and oxygen atoms in total. The Labute approximate surface area is 73.2 Å². The van der Waals surface area contributed by atoms with Crippen molar-refractivity contribution in [3.8, 4) is 0 Å². The van der Waals surface area contributed by atoms with Gasteiger partial charge in [-0.15, -0.1) is 0 Å². The summed E-state index contributed by atoms with van der Waals surface area (Å²) in [5.41, 5.74) is 10.1. The van der Waals surface area contributed by atoms with Crippen LogP contribution in [-0.2, 0) is 6.61 Å². The van der Waals surface area contributed by atoms with E-state index in [1.165, 1.54) is 6.07 Å². The quantitative estimate of drug-likeness (QED) is 0.638. The van der Waals surface area contributed by atoms with Crippen LogP contribution in [0.15, 0.2) is 6.07 Å². The molecular weight excluding hydrogens is 180 g/mol. The van der Waals surface area contributed by atoms with Gasteiger partial charge in [0.15, 0.2) is 0 Å². The van der Waals surface area contributed by atoms with Crippen molar-refractivity contribution in [2.75, 3.05) is 11.5 Å². The molecule has 0 saturated carbocycles. The van der Waals surface area contributed by atoms with Crippen LogP contribution in [0.3, 0.4) is 0 Å². The van der Waals surface area contributed by atoms with E-state index in [2.05, 4.69) is 4.98 Å². The minimum atomic E-state index is -2.75. The largest absolute Gasteiger partial charge is 0.397 e. The average Bonchev–Trinajstić information content (AvgIpc) is 2.07. The number of pyridine rings is 1. The molecule has 5 N–H and O–H groups in total. The number of aromatic nitrogens is 1. The van der Waals surface area contributed by atoms with Gasteiger partial charge in [-0.05, 0) is 6.07 Å². The molecule has 0 aliphatic rings. The van der Waals surface area contributed by atoms with Crippen molar-refractivity contribution in [1.29, 1.82) is 0 Å². The molecule has 0 saturated heterocycles. The second kappa shape index (κ2) is 3.53. The van der Waals surface area contributed by atoms with E-state index in [1.807, 2.05) is 0 Å². The highest BCUT2D eigenvalue weighted by Gasteiger charge is 2.15. The van der Waals surface area contributed by atoms with Gasteiger partial charge in [0.1, 0.15) is 11.5 Å². The molecule has 0 bridgehead atoms. The highest BCUT2D eigenvalue weighted by Crippen LogP contribution is 2.25. The number of nitrogens with zero attached hydrogens (tertiary/aromatic N) is 1. The standard InChI is InChI=1S/C7H9F2N3O/c8-6(9)5-4(10)1-3(2-13)7(11)12-5/h1,6,13H,2,10H2,(H2,11,12). The molecule has 13 heavy (non-hydrogen) atoms. The number of anilines is 2. The fourth-order valence-corrected chi connectivity index (χ4v) is 0.903. The maximum Gasteiger partial charge on any atom is 0.282 e. The Morgan fingerprint density at radius 2 is 2.08 bits per heavy atom. The summed E-state index contributed by atoms with van der Waals surface area (Å²) < 4.78 is 24.4. The topological polar surface area (TPSA) is 85.2 Å². The van der Waals surface area contributed by atoms with Crippen LogP contribution in [0.5, 0.6) is 0 Å². The van der Waals surface area contributed by atoms with Gasteiger partial charge in [-0.1, -0.05) is 0 Å². The number of nitrogen functional groups attached to an aromatic ring is 2. The predicted molar refractivity (Wildman–Crippen MR) is 43.9 cm³/mol. The fraction of sp³-hybridized carbons (Fsp3) is 0.286. The van der Waals surface area contributed by atoms with Crippen molar-refractivity contribution in [1.82, 2.24) is 4.98 Å². The number of aliphatic hydroxyl groups excluding tert-OH is 1. The van der Waals surface area contributed by atoms with Crippen LogP contribution in [0.25, 0.3) is 0 Å². The number of rotatable bonds is 2. The van der Waals surface area contributed by atoms with Gasteiger partial charge in [-0.3, -0.25) is 0 Å². The maximum absolute atomic E-state index is 12.2. The smallest absolute Gasteiger partial charge is 0.282 e. The zero-order valence-electron chi connectivity index (χ0n) is 6.67. The summed E-state index contributed by atoms with van der Waals surface area (Å²) in [6, 6.07) is 1.20. The first-order valence-corrected chi connectivity index (χ1v) is 3.50. The van der Waals surface area contributed by atoms with Crippen LogP contribution in [0.1, 0.15) is 17.7 Å². The van der Waals surface area contributed by atoms with Crippen LogP contribution in [0.2, 0.25) is 0 Å². The second-order valence-electron chi connectivity index (χ2n) is 2.47. The third-order valence-electron chi connectivity index (χ3n) is 1.57. The second-order valence-corrected chi connectivity index (χ2v) is 2.47. The zero-order valence-corrected chi connectivity index (χ0v) is 6.67. The Bertz CT molecular complexity index is 317. The van der Waals surface area contributed by atoms with Gasteiger partial charge in [0, 0.05) is 5.56 Å². The molecule has 0 amide bonds. The summed E-state index contributed by atoms with van der Waals surface area (Å²) in [7, 11) is 0. The highest BCUT2D eigenvalue weighted by atomic mass is 19.3. The number of alkyl halides is 2. The maximum atomic E-state index is 12.2. The summed E-state index contributed by atoms with van der Waals surface area (Å²) in [6.45, 7) is -0.369. The Hall–Kier alpha value is -1.43. The molecule has 0 atom stereocenters. The molecule has 0 aromatic carbocycles. The Morgan fingerprint density at radius 1 is 1.46 bits per heavy atom. The molecule has 1 aromatic heterocycles. The fourth-order valence-electron chi connectivity index (χ4n) is 0.903. The lowest BCUT2D eigenvalue weighted by atomic mass is 10.2. The molecular formula is C7H9F2N3O. The summed E-state index contributed by atoms with van der Waals surface area (Å²) in [6.07, 6.45) is -2.75. The molecule has 1 aromatic rings. The SMILES string of the molecule is Nc1cc(CO)c(N)nc1C(F)F. The lowest BCUT2D eigenvalue weighted by Crippen LogP contribution is -2.05. The molecule has 1 rings (SSSR count). The van der Waals surface area contributed by atoms with E-state index >= 15 is 0 Å². The number of aliphatic hydroxyl groups is 1.